The van der Waals surface area contributed by atoms with Gasteiger partial charge < -0.3 is 10.0 Å². The first-order valence-corrected chi connectivity index (χ1v) is 6.52. The number of carbonyl (C=O) groups excluding carboxylic acids is 1. The molecular weight excluding hydrogens is 226 g/mol. The van der Waals surface area contributed by atoms with Crippen molar-refractivity contribution in [2.45, 2.75) is 44.6 Å². The summed E-state index contributed by atoms with van der Waals surface area (Å²) in [5.74, 6) is 0.263. The van der Waals surface area contributed by atoms with Crippen LogP contribution < -0.4 is 0 Å². The molecule has 1 N–H and O–H groups in total. The van der Waals surface area contributed by atoms with Gasteiger partial charge >= 0.3 is 0 Å². The maximum Gasteiger partial charge on any atom is 0.222 e. The van der Waals surface area contributed by atoms with Crippen LogP contribution >= 0.6 is 0 Å². The summed E-state index contributed by atoms with van der Waals surface area (Å²) in [5.41, 5.74) is -0.871. The van der Waals surface area contributed by atoms with Crippen molar-refractivity contribution in [3.05, 3.63) is 25.3 Å². The van der Waals surface area contributed by atoms with E-state index in [4.69, 9.17) is 0 Å². The third-order valence-electron chi connectivity index (χ3n) is 3.40. The van der Waals surface area contributed by atoms with Gasteiger partial charge in [-0.05, 0) is 38.5 Å². The van der Waals surface area contributed by atoms with Crippen LogP contribution in [0.25, 0.3) is 0 Å². The zero-order chi connectivity index (χ0) is 14.2. The van der Waals surface area contributed by atoms with Crippen LogP contribution in [0.3, 0.4) is 0 Å². The van der Waals surface area contributed by atoms with Crippen molar-refractivity contribution in [3.8, 4) is 0 Å². The van der Waals surface area contributed by atoms with Crippen LogP contribution in [0.15, 0.2) is 25.3 Å². The first-order chi connectivity index (χ1) is 8.35. The van der Waals surface area contributed by atoms with Gasteiger partial charge in [-0.25, -0.2) is 0 Å². The van der Waals surface area contributed by atoms with E-state index in [0.717, 1.165) is 25.7 Å². The lowest BCUT2D eigenvalue weighted by atomic mass is 9.82. The van der Waals surface area contributed by atoms with Crippen molar-refractivity contribution in [2.75, 3.05) is 14.1 Å². The van der Waals surface area contributed by atoms with Gasteiger partial charge in [-0.15, -0.1) is 13.2 Å². The molecule has 0 aliphatic carbocycles. The van der Waals surface area contributed by atoms with Crippen LogP contribution in [-0.4, -0.2) is 35.6 Å². The minimum atomic E-state index is -0.871. The first-order valence-electron chi connectivity index (χ1n) is 6.52. The maximum absolute atomic E-state index is 11.5. The van der Waals surface area contributed by atoms with Gasteiger partial charge in [-0.2, -0.15) is 0 Å². The molecule has 0 aromatic heterocycles. The number of rotatable bonds is 9. The molecule has 0 aliphatic rings. The number of nitrogens with zero attached hydrogens (tertiary/aromatic N) is 1. The SMILES string of the molecule is C=CCCC(CCCC(=O)N(C)C)C(C)(O)C=C. The molecule has 0 aromatic carbocycles. The first kappa shape index (κ1) is 16.9. The highest BCUT2D eigenvalue weighted by atomic mass is 16.3. The Morgan fingerprint density at radius 3 is 2.44 bits per heavy atom. The van der Waals surface area contributed by atoms with Crippen LogP contribution in [0.2, 0.25) is 0 Å². The van der Waals surface area contributed by atoms with E-state index in [2.05, 4.69) is 13.2 Å². The van der Waals surface area contributed by atoms with Crippen molar-refractivity contribution in [1.29, 1.82) is 0 Å². The second kappa shape index (κ2) is 8.09. The summed E-state index contributed by atoms with van der Waals surface area (Å²) < 4.78 is 0. The van der Waals surface area contributed by atoms with E-state index >= 15 is 0 Å². The number of hydrogen-bond donors (Lipinski definition) is 1. The van der Waals surface area contributed by atoms with E-state index in [1.54, 1.807) is 32.0 Å². The molecule has 2 atom stereocenters. The lowest BCUT2D eigenvalue weighted by molar-refractivity contribution is -0.128. The normalized spacial score (nSPS) is 15.6. The van der Waals surface area contributed by atoms with Crippen molar-refractivity contribution in [3.63, 3.8) is 0 Å². The molecule has 0 fully saturated rings. The van der Waals surface area contributed by atoms with E-state index < -0.39 is 5.60 Å². The Hall–Kier alpha value is -1.09. The van der Waals surface area contributed by atoms with E-state index in [0.29, 0.717) is 6.42 Å². The predicted octanol–water partition coefficient (Wildman–Crippen LogP) is 2.76. The lowest BCUT2D eigenvalue weighted by Crippen LogP contribution is -2.32. The molecule has 0 heterocycles. The van der Waals surface area contributed by atoms with Crippen LogP contribution in [0.5, 0.6) is 0 Å². The van der Waals surface area contributed by atoms with Gasteiger partial charge in [-0.3, -0.25) is 4.79 Å². The number of hydrogen-bond acceptors (Lipinski definition) is 2. The van der Waals surface area contributed by atoms with Crippen LogP contribution in [0.4, 0.5) is 0 Å². The van der Waals surface area contributed by atoms with Gasteiger partial charge in [0.1, 0.15) is 0 Å². The Labute approximate surface area is 111 Å². The lowest BCUT2D eigenvalue weighted by Gasteiger charge is -2.30. The van der Waals surface area contributed by atoms with E-state index in [-0.39, 0.29) is 11.8 Å². The summed E-state index contributed by atoms with van der Waals surface area (Å²) in [4.78, 5) is 13.1. The highest BCUT2D eigenvalue weighted by Gasteiger charge is 2.27. The summed E-state index contributed by atoms with van der Waals surface area (Å²) in [6.45, 7) is 9.17. The smallest absolute Gasteiger partial charge is 0.222 e. The largest absolute Gasteiger partial charge is 0.386 e. The Morgan fingerprint density at radius 1 is 1.39 bits per heavy atom. The highest BCUT2D eigenvalue weighted by Crippen LogP contribution is 2.28. The topological polar surface area (TPSA) is 40.5 Å². The molecule has 0 spiro atoms. The second-order valence-corrected chi connectivity index (χ2v) is 5.17. The fraction of sp³-hybridized carbons (Fsp3) is 0.667. The molecule has 0 aromatic rings. The van der Waals surface area contributed by atoms with E-state index in [1.807, 2.05) is 6.08 Å². The Balaban J connectivity index is 4.29. The van der Waals surface area contributed by atoms with Crippen molar-refractivity contribution >= 4 is 5.91 Å². The zero-order valence-corrected chi connectivity index (χ0v) is 12.0. The van der Waals surface area contributed by atoms with Crippen LogP contribution in [0, 0.1) is 5.92 Å². The Morgan fingerprint density at radius 2 is 2.00 bits per heavy atom. The van der Waals surface area contributed by atoms with Crippen molar-refractivity contribution < 1.29 is 9.90 Å². The fourth-order valence-electron chi connectivity index (χ4n) is 1.94. The van der Waals surface area contributed by atoms with Gasteiger partial charge in [0.2, 0.25) is 5.91 Å². The van der Waals surface area contributed by atoms with Gasteiger partial charge in [0.25, 0.3) is 0 Å². The van der Waals surface area contributed by atoms with Gasteiger partial charge in [0.05, 0.1) is 5.60 Å². The van der Waals surface area contributed by atoms with E-state index in [1.165, 1.54) is 0 Å². The molecule has 104 valence electrons. The summed E-state index contributed by atoms with van der Waals surface area (Å²) in [7, 11) is 3.52. The van der Waals surface area contributed by atoms with Gasteiger partial charge in [0.15, 0.2) is 0 Å². The number of amides is 1. The molecule has 0 radical (unpaired) electrons. The zero-order valence-electron chi connectivity index (χ0n) is 12.0. The number of carbonyl (C=O) groups is 1. The van der Waals surface area contributed by atoms with E-state index in [9.17, 15) is 9.90 Å². The molecule has 2 unspecified atom stereocenters. The molecule has 0 saturated heterocycles. The molecule has 0 aliphatic heterocycles. The highest BCUT2D eigenvalue weighted by molar-refractivity contribution is 5.75. The number of aliphatic hydroxyl groups is 1. The van der Waals surface area contributed by atoms with Crippen LogP contribution in [-0.2, 0) is 4.79 Å². The Kier molecular flexibility index (Phi) is 7.60. The standard InChI is InChI=1S/C15H27NO2/c1-6-8-10-13(15(3,18)7-2)11-9-12-14(17)16(4)5/h6-7,13,18H,1-2,8-12H2,3-5H3. The van der Waals surface area contributed by atoms with Gasteiger partial charge in [-0.1, -0.05) is 12.2 Å². The average molecular weight is 253 g/mol. The van der Waals surface area contributed by atoms with Crippen molar-refractivity contribution in [2.24, 2.45) is 5.92 Å². The summed E-state index contributed by atoms with van der Waals surface area (Å²) >= 11 is 0. The van der Waals surface area contributed by atoms with Gasteiger partial charge in [0, 0.05) is 20.5 Å². The minimum Gasteiger partial charge on any atom is -0.386 e. The molecule has 3 heteroatoms. The fourth-order valence-corrected chi connectivity index (χ4v) is 1.94. The Bertz CT molecular complexity index is 282. The molecule has 3 nitrogen and oxygen atoms in total. The third kappa shape index (κ3) is 6.01. The average Bonchev–Trinajstić information content (AvgIpc) is 2.32. The molecule has 0 bridgehead atoms. The summed E-state index contributed by atoms with van der Waals surface area (Å²) in [6, 6.07) is 0. The second-order valence-electron chi connectivity index (χ2n) is 5.17. The molecular formula is C15H27NO2. The van der Waals surface area contributed by atoms with Crippen LogP contribution in [0.1, 0.15) is 39.0 Å². The molecule has 0 saturated carbocycles. The molecule has 0 rings (SSSR count). The number of allylic oxidation sites excluding steroid dienone is 1. The third-order valence-corrected chi connectivity index (χ3v) is 3.40. The minimum absolute atomic E-state index is 0.128. The summed E-state index contributed by atoms with van der Waals surface area (Å²) in [6.07, 6.45) is 7.35. The molecule has 18 heavy (non-hydrogen) atoms. The summed E-state index contributed by atoms with van der Waals surface area (Å²) in [5, 5.41) is 10.2. The predicted molar refractivity (Wildman–Crippen MR) is 76.3 cm³/mol. The quantitative estimate of drug-likeness (QED) is 0.642. The molecule has 1 amide bonds. The maximum atomic E-state index is 11.5. The monoisotopic (exact) mass is 253 g/mol. The van der Waals surface area contributed by atoms with Crippen molar-refractivity contribution in [1.82, 2.24) is 4.90 Å².